The second kappa shape index (κ2) is 10.2. The normalized spacial score (nSPS) is 10.1. The zero-order chi connectivity index (χ0) is 19.6. The predicted molar refractivity (Wildman–Crippen MR) is 104 cm³/mol. The molecule has 2 rings (SSSR count). The minimum absolute atomic E-state index is 0.105. The highest BCUT2D eigenvalue weighted by Crippen LogP contribution is 2.39. The average molecular weight is 374 g/mol. The molecule has 0 spiro atoms. The molecule has 0 saturated heterocycles. The largest absolute Gasteiger partial charge is 0.497 e. The maximum atomic E-state index is 12.1. The van der Waals surface area contributed by atoms with E-state index in [2.05, 4.69) is 10.6 Å². The minimum atomic E-state index is -0.105. The molecule has 0 aliphatic carbocycles. The van der Waals surface area contributed by atoms with Crippen LogP contribution in [0, 0.1) is 0 Å². The van der Waals surface area contributed by atoms with Crippen LogP contribution in [-0.2, 0) is 11.2 Å². The van der Waals surface area contributed by atoms with Gasteiger partial charge in [-0.1, -0.05) is 12.1 Å². The minimum Gasteiger partial charge on any atom is -0.497 e. The van der Waals surface area contributed by atoms with Gasteiger partial charge < -0.3 is 29.6 Å². The Bertz CT molecular complexity index is 739. The molecule has 0 saturated carbocycles. The van der Waals surface area contributed by atoms with Crippen molar-refractivity contribution in [2.45, 2.75) is 6.42 Å². The van der Waals surface area contributed by atoms with Crippen LogP contribution in [0.1, 0.15) is 5.56 Å². The van der Waals surface area contributed by atoms with Gasteiger partial charge in [-0.25, -0.2) is 0 Å². The Balaban J connectivity index is 1.86. The second-order valence-corrected chi connectivity index (χ2v) is 5.72. The first kappa shape index (κ1) is 20.2. The van der Waals surface area contributed by atoms with E-state index in [0.29, 0.717) is 29.5 Å². The van der Waals surface area contributed by atoms with Crippen molar-refractivity contribution in [1.82, 2.24) is 5.32 Å². The van der Waals surface area contributed by atoms with E-state index in [1.165, 1.54) is 0 Å². The summed E-state index contributed by atoms with van der Waals surface area (Å²) in [6.07, 6.45) is 0.729. The van der Waals surface area contributed by atoms with E-state index in [-0.39, 0.29) is 12.5 Å². The maximum Gasteiger partial charge on any atom is 0.239 e. The van der Waals surface area contributed by atoms with Crippen LogP contribution < -0.4 is 29.6 Å². The molecule has 2 aromatic carbocycles. The summed E-state index contributed by atoms with van der Waals surface area (Å²) in [5.41, 5.74) is 1.81. The van der Waals surface area contributed by atoms with Gasteiger partial charge in [0.05, 0.1) is 35.0 Å². The number of methoxy groups -OCH3 is 4. The lowest BCUT2D eigenvalue weighted by molar-refractivity contribution is -0.119. The number of rotatable bonds is 10. The average Bonchev–Trinajstić information content (AvgIpc) is 2.71. The molecular weight excluding hydrogens is 348 g/mol. The van der Waals surface area contributed by atoms with Crippen LogP contribution in [0.3, 0.4) is 0 Å². The van der Waals surface area contributed by atoms with Crippen LogP contribution in [0.15, 0.2) is 36.4 Å². The van der Waals surface area contributed by atoms with Crippen LogP contribution in [-0.4, -0.2) is 47.4 Å². The number of hydrogen-bond acceptors (Lipinski definition) is 6. The number of nitrogens with one attached hydrogen (secondary N) is 2. The predicted octanol–water partition coefficient (Wildman–Crippen LogP) is 2.49. The second-order valence-electron chi connectivity index (χ2n) is 5.72. The summed E-state index contributed by atoms with van der Waals surface area (Å²) in [5.74, 6) is 2.26. The highest BCUT2D eigenvalue weighted by atomic mass is 16.5. The van der Waals surface area contributed by atoms with Crippen molar-refractivity contribution in [2.24, 2.45) is 0 Å². The van der Waals surface area contributed by atoms with Gasteiger partial charge in [0.15, 0.2) is 11.5 Å². The Morgan fingerprint density at radius 3 is 2.22 bits per heavy atom. The van der Waals surface area contributed by atoms with Crippen molar-refractivity contribution in [3.8, 4) is 23.0 Å². The fraction of sp³-hybridized carbons (Fsp3) is 0.350. The van der Waals surface area contributed by atoms with Gasteiger partial charge in [-0.2, -0.15) is 0 Å². The topological polar surface area (TPSA) is 78.1 Å². The first-order chi connectivity index (χ1) is 13.1. The van der Waals surface area contributed by atoms with Crippen molar-refractivity contribution >= 4 is 11.6 Å². The molecule has 0 aliphatic heterocycles. The van der Waals surface area contributed by atoms with Gasteiger partial charge in [-0.05, 0) is 24.1 Å². The number of amides is 1. The van der Waals surface area contributed by atoms with Gasteiger partial charge in [0.1, 0.15) is 5.75 Å². The molecule has 0 aliphatic rings. The molecule has 0 radical (unpaired) electrons. The summed E-state index contributed by atoms with van der Waals surface area (Å²) in [6, 6.07) is 11.3. The summed E-state index contributed by atoms with van der Waals surface area (Å²) in [4.78, 5) is 12.1. The van der Waals surface area contributed by atoms with E-state index >= 15 is 0 Å². The van der Waals surface area contributed by atoms with Crippen molar-refractivity contribution in [2.75, 3.05) is 46.8 Å². The van der Waals surface area contributed by atoms with E-state index in [4.69, 9.17) is 18.9 Å². The number of carbonyl (C=O) groups excluding carboxylic acids is 1. The van der Waals surface area contributed by atoms with E-state index in [9.17, 15) is 4.79 Å². The Hall–Kier alpha value is -3.09. The van der Waals surface area contributed by atoms with Gasteiger partial charge in [0.2, 0.25) is 11.7 Å². The molecule has 146 valence electrons. The molecular formula is C20H26N2O5. The molecule has 2 N–H and O–H groups in total. The van der Waals surface area contributed by atoms with Gasteiger partial charge in [0.25, 0.3) is 0 Å². The number of anilines is 1. The number of carbonyl (C=O) groups is 1. The van der Waals surface area contributed by atoms with Crippen molar-refractivity contribution < 1.29 is 23.7 Å². The van der Waals surface area contributed by atoms with E-state index in [1.54, 1.807) is 40.6 Å². The molecule has 27 heavy (non-hydrogen) atoms. The van der Waals surface area contributed by atoms with Gasteiger partial charge in [-0.15, -0.1) is 0 Å². The lowest BCUT2D eigenvalue weighted by atomic mass is 10.1. The van der Waals surface area contributed by atoms with E-state index in [0.717, 1.165) is 17.7 Å². The molecule has 1 amide bonds. The SMILES string of the molecule is COc1cccc(CCNC(=O)CNc2cc(OC)c(OC)c(OC)c2)c1. The van der Waals surface area contributed by atoms with Gasteiger partial charge >= 0.3 is 0 Å². The number of ether oxygens (including phenoxy) is 4. The molecule has 0 heterocycles. The summed E-state index contributed by atoms with van der Waals surface area (Å²) in [6.45, 7) is 0.680. The Morgan fingerprint density at radius 2 is 1.63 bits per heavy atom. The summed E-state index contributed by atoms with van der Waals surface area (Å²) in [7, 11) is 6.28. The lowest BCUT2D eigenvalue weighted by Gasteiger charge is -2.15. The third-order valence-corrected chi connectivity index (χ3v) is 3.99. The van der Waals surface area contributed by atoms with Crippen LogP contribution in [0.2, 0.25) is 0 Å². The van der Waals surface area contributed by atoms with E-state index in [1.807, 2.05) is 24.3 Å². The van der Waals surface area contributed by atoms with Crippen molar-refractivity contribution in [3.05, 3.63) is 42.0 Å². The first-order valence-electron chi connectivity index (χ1n) is 8.54. The lowest BCUT2D eigenvalue weighted by Crippen LogP contribution is -2.31. The van der Waals surface area contributed by atoms with Crippen LogP contribution >= 0.6 is 0 Å². The molecule has 2 aromatic rings. The Kier molecular flexibility index (Phi) is 7.61. The number of benzene rings is 2. The summed E-state index contributed by atoms with van der Waals surface area (Å²) < 4.78 is 21.1. The monoisotopic (exact) mass is 374 g/mol. The highest BCUT2D eigenvalue weighted by molar-refractivity contribution is 5.81. The van der Waals surface area contributed by atoms with Crippen LogP contribution in [0.25, 0.3) is 0 Å². The third kappa shape index (κ3) is 5.70. The zero-order valence-electron chi connectivity index (χ0n) is 16.1. The Morgan fingerprint density at radius 1 is 0.926 bits per heavy atom. The van der Waals surface area contributed by atoms with Crippen LogP contribution in [0.4, 0.5) is 5.69 Å². The standard InChI is InChI=1S/C20H26N2O5/c1-24-16-7-5-6-14(10-16)8-9-21-19(23)13-22-15-11-17(25-2)20(27-4)18(12-15)26-3/h5-7,10-12,22H,8-9,13H2,1-4H3,(H,21,23). The molecule has 0 atom stereocenters. The molecule has 0 bridgehead atoms. The van der Waals surface area contributed by atoms with Crippen molar-refractivity contribution in [1.29, 1.82) is 0 Å². The molecule has 7 heteroatoms. The van der Waals surface area contributed by atoms with Crippen LogP contribution in [0.5, 0.6) is 23.0 Å². The number of hydrogen-bond donors (Lipinski definition) is 2. The third-order valence-electron chi connectivity index (χ3n) is 3.99. The highest BCUT2D eigenvalue weighted by Gasteiger charge is 2.13. The molecule has 0 aromatic heterocycles. The maximum absolute atomic E-state index is 12.1. The quantitative estimate of drug-likeness (QED) is 0.665. The van der Waals surface area contributed by atoms with Gasteiger partial charge in [-0.3, -0.25) is 4.79 Å². The van der Waals surface area contributed by atoms with E-state index < -0.39 is 0 Å². The molecule has 7 nitrogen and oxygen atoms in total. The fourth-order valence-corrected chi connectivity index (χ4v) is 2.60. The Labute approximate surface area is 159 Å². The summed E-state index contributed by atoms with van der Waals surface area (Å²) in [5, 5.41) is 5.95. The first-order valence-corrected chi connectivity index (χ1v) is 8.54. The molecule has 0 fully saturated rings. The zero-order valence-corrected chi connectivity index (χ0v) is 16.1. The van der Waals surface area contributed by atoms with Gasteiger partial charge in [0, 0.05) is 24.4 Å². The summed E-state index contributed by atoms with van der Waals surface area (Å²) >= 11 is 0. The van der Waals surface area contributed by atoms with Crippen molar-refractivity contribution in [3.63, 3.8) is 0 Å². The molecule has 0 unspecified atom stereocenters. The smallest absolute Gasteiger partial charge is 0.239 e. The fourth-order valence-electron chi connectivity index (χ4n) is 2.60.